The normalized spacial score (nSPS) is 19.0. The van der Waals surface area contributed by atoms with Gasteiger partial charge in [0.05, 0.1) is 11.5 Å². The highest BCUT2D eigenvalue weighted by Gasteiger charge is 2.24. The van der Waals surface area contributed by atoms with Crippen LogP contribution >= 0.6 is 0 Å². The summed E-state index contributed by atoms with van der Waals surface area (Å²) in [6, 6.07) is 16.3. The van der Waals surface area contributed by atoms with Crippen molar-refractivity contribution in [1.29, 1.82) is 0 Å². The number of ether oxygens (including phenoxy) is 2. The second-order valence-corrected chi connectivity index (χ2v) is 8.96. The molecule has 1 saturated carbocycles. The molecule has 4 rings (SSSR count). The smallest absolute Gasteiger partial charge is 0.210 e. The lowest BCUT2D eigenvalue weighted by Crippen LogP contribution is -2.26. The molecule has 174 valence electrons. The number of hydrogen-bond donors (Lipinski definition) is 0. The molecule has 1 atom stereocenters. The molecule has 0 saturated heterocycles. The van der Waals surface area contributed by atoms with Crippen LogP contribution in [0.3, 0.4) is 0 Å². The van der Waals surface area contributed by atoms with E-state index in [0.717, 1.165) is 28.5 Å². The lowest BCUT2D eigenvalue weighted by molar-refractivity contribution is -0.129. The van der Waals surface area contributed by atoms with Crippen LogP contribution in [-0.2, 0) is 21.0 Å². The maximum atomic E-state index is 12.2. The number of ketones is 1. The molecule has 5 heteroatoms. The third-order valence-electron chi connectivity index (χ3n) is 6.45. The fourth-order valence-corrected chi connectivity index (χ4v) is 4.41. The van der Waals surface area contributed by atoms with E-state index in [4.69, 9.17) is 14.3 Å². The van der Waals surface area contributed by atoms with Crippen molar-refractivity contribution in [2.24, 2.45) is 5.16 Å². The lowest BCUT2D eigenvalue weighted by atomic mass is 9.84. The zero-order valence-corrected chi connectivity index (χ0v) is 19.6. The van der Waals surface area contributed by atoms with E-state index in [1.165, 1.54) is 37.7 Å². The standard InChI is InChI=1S/C28H33NO4/c1-20-8-17-28(33-20)27(30)19-31-26-15-13-23(14-16-26)21(2)29-32-18-22-9-11-25(12-10-22)24-6-4-3-5-7-24/h8-16,24,28H,3-7,17-19H2,1-2H3. The Morgan fingerprint density at radius 2 is 1.76 bits per heavy atom. The Balaban J connectivity index is 1.22. The number of carbonyl (C=O) groups is 1. The summed E-state index contributed by atoms with van der Waals surface area (Å²) in [7, 11) is 0. The van der Waals surface area contributed by atoms with Crippen LogP contribution in [0.4, 0.5) is 0 Å². The number of carbonyl (C=O) groups excluding carboxylic acids is 1. The quantitative estimate of drug-likeness (QED) is 0.334. The lowest BCUT2D eigenvalue weighted by Gasteiger charge is -2.22. The summed E-state index contributed by atoms with van der Waals surface area (Å²) in [6.07, 6.45) is 8.82. The van der Waals surface area contributed by atoms with Gasteiger partial charge in [0, 0.05) is 6.42 Å². The number of rotatable bonds is 9. The van der Waals surface area contributed by atoms with Gasteiger partial charge < -0.3 is 14.3 Å². The van der Waals surface area contributed by atoms with Crippen molar-refractivity contribution in [2.75, 3.05) is 6.61 Å². The number of benzene rings is 2. The third kappa shape index (κ3) is 6.47. The highest BCUT2D eigenvalue weighted by Crippen LogP contribution is 2.32. The average molecular weight is 448 g/mol. The van der Waals surface area contributed by atoms with Crippen molar-refractivity contribution in [1.82, 2.24) is 0 Å². The molecule has 1 fully saturated rings. The third-order valence-corrected chi connectivity index (χ3v) is 6.45. The molecule has 0 aromatic heterocycles. The van der Waals surface area contributed by atoms with Crippen LogP contribution < -0.4 is 4.74 Å². The average Bonchev–Trinajstić information content (AvgIpc) is 3.30. The van der Waals surface area contributed by atoms with Gasteiger partial charge in [-0.1, -0.05) is 48.7 Å². The fraction of sp³-hybridized carbons (Fsp3) is 0.429. The molecule has 0 radical (unpaired) electrons. The molecule has 2 aromatic rings. The van der Waals surface area contributed by atoms with E-state index in [-0.39, 0.29) is 12.4 Å². The number of allylic oxidation sites excluding steroid dienone is 1. The van der Waals surface area contributed by atoms with Crippen LogP contribution in [0.2, 0.25) is 0 Å². The first kappa shape index (κ1) is 23.1. The minimum Gasteiger partial charge on any atom is -0.487 e. The van der Waals surface area contributed by atoms with E-state index in [2.05, 4.69) is 29.4 Å². The molecule has 1 unspecified atom stereocenters. The molecule has 2 aliphatic rings. The summed E-state index contributed by atoms with van der Waals surface area (Å²) < 4.78 is 11.1. The van der Waals surface area contributed by atoms with E-state index in [1.54, 1.807) is 0 Å². The molecule has 5 nitrogen and oxygen atoms in total. The second-order valence-electron chi connectivity index (χ2n) is 8.96. The zero-order chi connectivity index (χ0) is 23.0. The maximum Gasteiger partial charge on any atom is 0.210 e. The molecule has 0 N–H and O–H groups in total. The van der Waals surface area contributed by atoms with Gasteiger partial charge in [-0.2, -0.15) is 0 Å². The summed E-state index contributed by atoms with van der Waals surface area (Å²) in [5.74, 6) is 2.11. The minimum atomic E-state index is -0.417. The van der Waals surface area contributed by atoms with E-state index >= 15 is 0 Å². The molecular formula is C28H33NO4. The molecule has 2 aromatic carbocycles. The van der Waals surface area contributed by atoms with Gasteiger partial charge in [-0.25, -0.2) is 0 Å². The molecule has 0 spiro atoms. The minimum absolute atomic E-state index is 0.000846. The SMILES string of the molecule is CC1=CCC(C(=O)COc2ccc(C(C)=NOCc3ccc(C4CCCCC4)cc3)cc2)O1. The van der Waals surface area contributed by atoms with Crippen LogP contribution in [0.5, 0.6) is 5.75 Å². The second kappa shape index (κ2) is 11.2. The van der Waals surface area contributed by atoms with Crippen LogP contribution in [0.15, 0.2) is 65.5 Å². The predicted octanol–water partition coefficient (Wildman–Crippen LogP) is 6.32. The molecule has 0 amide bonds. The van der Waals surface area contributed by atoms with Crippen molar-refractivity contribution in [3.8, 4) is 5.75 Å². The molecular weight excluding hydrogens is 414 g/mol. The van der Waals surface area contributed by atoms with Crippen molar-refractivity contribution in [2.45, 2.75) is 71.0 Å². The van der Waals surface area contributed by atoms with Gasteiger partial charge in [0.2, 0.25) is 5.78 Å². The van der Waals surface area contributed by atoms with Gasteiger partial charge in [-0.3, -0.25) is 4.79 Å². The molecule has 1 aliphatic heterocycles. The molecule has 1 heterocycles. The van der Waals surface area contributed by atoms with Crippen LogP contribution in [0.1, 0.15) is 75.0 Å². The molecule has 33 heavy (non-hydrogen) atoms. The molecule has 0 bridgehead atoms. The number of oxime groups is 1. The van der Waals surface area contributed by atoms with Crippen LogP contribution in [-0.4, -0.2) is 24.2 Å². The van der Waals surface area contributed by atoms with Crippen LogP contribution in [0, 0.1) is 0 Å². The Bertz CT molecular complexity index is 986. The largest absolute Gasteiger partial charge is 0.487 e. The van der Waals surface area contributed by atoms with Gasteiger partial charge in [0.15, 0.2) is 12.7 Å². The first-order valence-electron chi connectivity index (χ1n) is 11.9. The first-order chi connectivity index (χ1) is 16.1. The highest BCUT2D eigenvalue weighted by atomic mass is 16.6. The summed E-state index contributed by atoms with van der Waals surface area (Å²) >= 11 is 0. The topological polar surface area (TPSA) is 57.1 Å². The number of nitrogens with zero attached hydrogens (tertiary/aromatic N) is 1. The van der Waals surface area contributed by atoms with E-state index in [1.807, 2.05) is 44.2 Å². The number of hydrogen-bond acceptors (Lipinski definition) is 5. The van der Waals surface area contributed by atoms with Gasteiger partial charge in [0.1, 0.15) is 12.4 Å². The van der Waals surface area contributed by atoms with Gasteiger partial charge in [-0.15, -0.1) is 0 Å². The Morgan fingerprint density at radius 3 is 2.42 bits per heavy atom. The summed E-state index contributed by atoms with van der Waals surface area (Å²) in [5.41, 5.74) is 4.30. The number of Topliss-reactive ketones (excluding diaryl/α,β-unsaturated/α-hetero) is 1. The van der Waals surface area contributed by atoms with E-state index < -0.39 is 6.10 Å². The Labute approximate surface area is 196 Å². The molecule has 1 aliphatic carbocycles. The maximum absolute atomic E-state index is 12.2. The van der Waals surface area contributed by atoms with Crippen LogP contribution in [0.25, 0.3) is 0 Å². The van der Waals surface area contributed by atoms with Crippen molar-refractivity contribution in [3.05, 3.63) is 77.1 Å². The van der Waals surface area contributed by atoms with Gasteiger partial charge >= 0.3 is 0 Å². The Hall–Kier alpha value is -3.08. The fourth-order valence-electron chi connectivity index (χ4n) is 4.41. The highest BCUT2D eigenvalue weighted by molar-refractivity contribution is 5.98. The van der Waals surface area contributed by atoms with Gasteiger partial charge in [-0.05, 0) is 79.6 Å². The predicted molar refractivity (Wildman–Crippen MR) is 129 cm³/mol. The summed E-state index contributed by atoms with van der Waals surface area (Å²) in [6.45, 7) is 4.22. The van der Waals surface area contributed by atoms with E-state index in [0.29, 0.717) is 18.8 Å². The van der Waals surface area contributed by atoms with Crippen molar-refractivity contribution < 1.29 is 19.1 Å². The monoisotopic (exact) mass is 447 g/mol. The zero-order valence-electron chi connectivity index (χ0n) is 19.6. The summed E-state index contributed by atoms with van der Waals surface area (Å²) in [4.78, 5) is 17.7. The summed E-state index contributed by atoms with van der Waals surface area (Å²) in [5, 5.41) is 4.26. The van der Waals surface area contributed by atoms with E-state index in [9.17, 15) is 4.79 Å². The van der Waals surface area contributed by atoms with Gasteiger partial charge in [0.25, 0.3) is 0 Å². The van der Waals surface area contributed by atoms with Crippen molar-refractivity contribution in [3.63, 3.8) is 0 Å². The Morgan fingerprint density at radius 1 is 1.03 bits per heavy atom. The van der Waals surface area contributed by atoms with Crippen molar-refractivity contribution >= 4 is 11.5 Å². The first-order valence-corrected chi connectivity index (χ1v) is 11.9. The Kier molecular flexibility index (Phi) is 7.82.